The average Bonchev–Trinajstić information content (AvgIpc) is 3.11. The summed E-state index contributed by atoms with van der Waals surface area (Å²) in [4.78, 5) is 23.2. The van der Waals surface area contributed by atoms with Crippen LogP contribution in [-0.2, 0) is 16.1 Å². The number of benzene rings is 1. The van der Waals surface area contributed by atoms with Crippen LogP contribution in [0.15, 0.2) is 18.2 Å². The van der Waals surface area contributed by atoms with Crippen molar-refractivity contribution in [3.05, 3.63) is 35.0 Å². The molecule has 4 rings (SSSR count). The Morgan fingerprint density at radius 1 is 1.46 bits per heavy atom. The minimum atomic E-state index is -1.02. The maximum Gasteiger partial charge on any atom is 0.325 e. The van der Waals surface area contributed by atoms with Crippen molar-refractivity contribution in [3.63, 3.8) is 0 Å². The molecule has 1 aromatic heterocycles. The second-order valence-electron chi connectivity index (χ2n) is 5.78. The van der Waals surface area contributed by atoms with Gasteiger partial charge in [-0.15, -0.1) is 0 Å². The smallest absolute Gasteiger partial charge is 0.325 e. The van der Waals surface area contributed by atoms with Crippen LogP contribution in [0.3, 0.4) is 0 Å². The molecular formula is C16H15N3O5. The zero-order chi connectivity index (χ0) is 16.8. The first kappa shape index (κ1) is 14.6. The Bertz CT molecular complexity index is 858. The number of ether oxygens (including phenoxy) is 2. The van der Waals surface area contributed by atoms with Gasteiger partial charge in [0.2, 0.25) is 12.7 Å². The third kappa shape index (κ3) is 2.18. The summed E-state index contributed by atoms with van der Waals surface area (Å²) in [5, 5.41) is 16.1. The summed E-state index contributed by atoms with van der Waals surface area (Å²) in [6.07, 6.45) is 0.242. The summed E-state index contributed by atoms with van der Waals surface area (Å²) < 4.78 is 12.3. The molecular weight excluding hydrogens is 314 g/mol. The highest BCUT2D eigenvalue weighted by Crippen LogP contribution is 2.46. The molecule has 0 fully saturated rings. The molecule has 2 aromatic rings. The summed E-state index contributed by atoms with van der Waals surface area (Å²) >= 11 is 0. The number of hydrogen-bond acceptors (Lipinski definition) is 5. The standard InChI is InChI=1S/C16H15N3O5/c1-8-14-10(9-3-2-4-11-15(9)24-7-23-11)5-12(20)17-16(14)19(18-8)6-13(21)22/h2-4,10H,5-7H2,1H3,(H,17,20)(H,21,22). The second kappa shape index (κ2) is 5.26. The number of aliphatic carboxylic acids is 1. The van der Waals surface area contributed by atoms with Gasteiger partial charge < -0.3 is 19.9 Å². The summed E-state index contributed by atoms with van der Waals surface area (Å²) in [5.74, 6) is 0.259. The first-order valence-corrected chi connectivity index (χ1v) is 7.52. The molecule has 1 unspecified atom stereocenters. The molecule has 2 aliphatic heterocycles. The number of amides is 1. The van der Waals surface area contributed by atoms with Crippen LogP contribution in [0.4, 0.5) is 5.82 Å². The van der Waals surface area contributed by atoms with Crippen LogP contribution in [0, 0.1) is 6.92 Å². The first-order valence-electron chi connectivity index (χ1n) is 7.52. The third-order valence-electron chi connectivity index (χ3n) is 4.26. The molecule has 8 heteroatoms. The number of carboxylic acids is 1. The molecule has 1 atom stereocenters. The Morgan fingerprint density at radius 3 is 3.08 bits per heavy atom. The molecule has 2 aliphatic rings. The molecule has 3 heterocycles. The summed E-state index contributed by atoms with van der Waals surface area (Å²) in [5.41, 5.74) is 2.35. The fourth-order valence-electron chi connectivity index (χ4n) is 3.35. The van der Waals surface area contributed by atoms with E-state index in [-0.39, 0.29) is 31.6 Å². The molecule has 24 heavy (non-hydrogen) atoms. The van der Waals surface area contributed by atoms with Crippen LogP contribution in [-0.4, -0.2) is 33.6 Å². The van der Waals surface area contributed by atoms with Gasteiger partial charge in [0, 0.05) is 23.5 Å². The van der Waals surface area contributed by atoms with Crippen molar-refractivity contribution in [1.29, 1.82) is 0 Å². The Hall–Kier alpha value is -3.03. The van der Waals surface area contributed by atoms with Crippen LogP contribution < -0.4 is 14.8 Å². The van der Waals surface area contributed by atoms with E-state index >= 15 is 0 Å². The Kier molecular flexibility index (Phi) is 3.19. The number of carboxylic acid groups (broad SMARTS) is 1. The molecule has 0 saturated carbocycles. The van der Waals surface area contributed by atoms with Gasteiger partial charge in [0.1, 0.15) is 12.4 Å². The molecule has 1 aromatic carbocycles. The average molecular weight is 329 g/mol. The molecule has 0 radical (unpaired) electrons. The first-order chi connectivity index (χ1) is 11.5. The van der Waals surface area contributed by atoms with Crippen LogP contribution in [0.2, 0.25) is 0 Å². The van der Waals surface area contributed by atoms with Gasteiger partial charge in [-0.1, -0.05) is 12.1 Å². The van der Waals surface area contributed by atoms with Crippen LogP contribution >= 0.6 is 0 Å². The van der Waals surface area contributed by atoms with Crippen molar-refractivity contribution >= 4 is 17.7 Å². The lowest BCUT2D eigenvalue weighted by molar-refractivity contribution is -0.137. The van der Waals surface area contributed by atoms with E-state index in [1.807, 2.05) is 25.1 Å². The van der Waals surface area contributed by atoms with E-state index < -0.39 is 5.97 Å². The lowest BCUT2D eigenvalue weighted by Gasteiger charge is -2.25. The molecule has 0 aliphatic carbocycles. The van der Waals surface area contributed by atoms with Crippen molar-refractivity contribution in [2.24, 2.45) is 0 Å². The summed E-state index contributed by atoms with van der Waals surface area (Å²) in [6.45, 7) is 1.65. The van der Waals surface area contributed by atoms with Crippen molar-refractivity contribution in [2.45, 2.75) is 25.8 Å². The predicted molar refractivity (Wildman–Crippen MR) is 82.3 cm³/mol. The normalized spacial score (nSPS) is 18.2. The Labute approximate surface area is 137 Å². The minimum Gasteiger partial charge on any atom is -0.480 e. The van der Waals surface area contributed by atoms with E-state index in [9.17, 15) is 9.59 Å². The third-order valence-corrected chi connectivity index (χ3v) is 4.26. The molecule has 124 valence electrons. The Morgan fingerprint density at radius 2 is 2.29 bits per heavy atom. The van der Waals surface area contributed by atoms with Gasteiger partial charge in [0.05, 0.1) is 5.69 Å². The molecule has 2 N–H and O–H groups in total. The van der Waals surface area contributed by atoms with Crippen LogP contribution in [0.5, 0.6) is 11.5 Å². The maximum atomic E-state index is 12.2. The van der Waals surface area contributed by atoms with Gasteiger partial charge in [0.25, 0.3) is 0 Å². The highest BCUT2D eigenvalue weighted by molar-refractivity contribution is 5.95. The van der Waals surface area contributed by atoms with Gasteiger partial charge in [-0.25, -0.2) is 4.68 Å². The molecule has 0 saturated heterocycles. The number of aryl methyl sites for hydroxylation is 1. The SMILES string of the molecule is Cc1nn(CC(=O)O)c2c1C(c1cccc3c1OCO3)CC(=O)N2. The van der Waals surface area contributed by atoms with Gasteiger partial charge in [-0.2, -0.15) is 5.10 Å². The predicted octanol–water partition coefficient (Wildman–Crippen LogP) is 1.48. The van der Waals surface area contributed by atoms with Crippen molar-refractivity contribution in [1.82, 2.24) is 9.78 Å². The quantitative estimate of drug-likeness (QED) is 0.884. The van der Waals surface area contributed by atoms with Gasteiger partial charge in [-0.05, 0) is 13.0 Å². The van der Waals surface area contributed by atoms with E-state index in [1.165, 1.54) is 4.68 Å². The van der Waals surface area contributed by atoms with Crippen LogP contribution in [0.1, 0.15) is 29.2 Å². The topological polar surface area (TPSA) is 103 Å². The van der Waals surface area contributed by atoms with Crippen LogP contribution in [0.25, 0.3) is 0 Å². The van der Waals surface area contributed by atoms with E-state index in [0.29, 0.717) is 23.0 Å². The number of rotatable bonds is 3. The number of nitrogens with zero attached hydrogens (tertiary/aromatic N) is 2. The highest BCUT2D eigenvalue weighted by Gasteiger charge is 2.35. The van der Waals surface area contributed by atoms with E-state index in [1.54, 1.807) is 0 Å². The van der Waals surface area contributed by atoms with E-state index in [0.717, 1.165) is 11.1 Å². The monoisotopic (exact) mass is 329 g/mol. The fraction of sp³-hybridized carbons (Fsp3) is 0.312. The van der Waals surface area contributed by atoms with Gasteiger partial charge >= 0.3 is 5.97 Å². The van der Waals surface area contributed by atoms with Gasteiger partial charge in [0.15, 0.2) is 11.5 Å². The highest BCUT2D eigenvalue weighted by atomic mass is 16.7. The number of fused-ring (bicyclic) bond motifs is 2. The van der Waals surface area contributed by atoms with E-state index in [4.69, 9.17) is 14.6 Å². The molecule has 8 nitrogen and oxygen atoms in total. The number of aromatic nitrogens is 2. The lowest BCUT2D eigenvalue weighted by Crippen LogP contribution is -2.26. The summed E-state index contributed by atoms with van der Waals surface area (Å²) in [7, 11) is 0. The number of anilines is 1. The number of hydrogen-bond donors (Lipinski definition) is 2. The second-order valence-corrected chi connectivity index (χ2v) is 5.78. The maximum absolute atomic E-state index is 12.2. The van der Waals surface area contributed by atoms with Crippen molar-refractivity contribution in [2.75, 3.05) is 12.1 Å². The lowest BCUT2D eigenvalue weighted by atomic mass is 9.85. The number of nitrogens with one attached hydrogen (secondary N) is 1. The van der Waals surface area contributed by atoms with E-state index in [2.05, 4.69) is 10.4 Å². The minimum absolute atomic E-state index is 0.148. The zero-order valence-corrected chi connectivity index (χ0v) is 12.9. The Balaban J connectivity index is 1.86. The van der Waals surface area contributed by atoms with Crippen molar-refractivity contribution < 1.29 is 24.2 Å². The largest absolute Gasteiger partial charge is 0.480 e. The number of carbonyl (C=O) groups is 2. The fourth-order valence-corrected chi connectivity index (χ4v) is 3.35. The van der Waals surface area contributed by atoms with Crippen molar-refractivity contribution in [3.8, 4) is 11.5 Å². The molecule has 0 bridgehead atoms. The number of para-hydroxylation sites is 1. The zero-order valence-electron chi connectivity index (χ0n) is 12.9. The summed E-state index contributed by atoms with van der Waals surface area (Å²) in [6, 6.07) is 5.57. The molecule has 1 amide bonds. The number of carbonyl (C=O) groups excluding carboxylic acids is 1. The van der Waals surface area contributed by atoms with Gasteiger partial charge in [-0.3, -0.25) is 9.59 Å². The molecule has 0 spiro atoms.